The summed E-state index contributed by atoms with van der Waals surface area (Å²) in [5.41, 5.74) is 2.61. The van der Waals surface area contributed by atoms with Crippen molar-refractivity contribution < 1.29 is 19.1 Å². The number of ether oxygens (including phenoxy) is 2. The number of aryl methyl sites for hydroxylation is 1. The van der Waals surface area contributed by atoms with Crippen LogP contribution in [0.25, 0.3) is 0 Å². The summed E-state index contributed by atoms with van der Waals surface area (Å²) in [7, 11) is 1.62. The maximum Gasteiger partial charge on any atom is 0.210 e. The number of rotatable bonds is 4. The molecule has 1 saturated carbocycles. The summed E-state index contributed by atoms with van der Waals surface area (Å²) < 4.78 is 11.8. The van der Waals surface area contributed by atoms with E-state index < -0.39 is 11.7 Å². The molecule has 1 fully saturated rings. The van der Waals surface area contributed by atoms with Gasteiger partial charge in [0.1, 0.15) is 11.5 Å². The van der Waals surface area contributed by atoms with Crippen LogP contribution < -0.4 is 4.74 Å². The predicted molar refractivity (Wildman–Crippen MR) is 107 cm³/mol. The second-order valence-electron chi connectivity index (χ2n) is 8.68. The first kappa shape index (κ1) is 18.9. The van der Waals surface area contributed by atoms with Crippen molar-refractivity contribution in [2.45, 2.75) is 51.7 Å². The minimum absolute atomic E-state index is 0.0737. The molecule has 0 N–H and O–H groups in total. The highest BCUT2D eigenvalue weighted by atomic mass is 16.7. The minimum atomic E-state index is -0.566. The van der Waals surface area contributed by atoms with Gasteiger partial charge in [-0.2, -0.15) is 0 Å². The molecule has 1 aliphatic carbocycles. The van der Waals surface area contributed by atoms with Crippen LogP contribution in [0.1, 0.15) is 53.7 Å². The third kappa shape index (κ3) is 2.70. The molecule has 4 nitrogen and oxygen atoms in total. The van der Waals surface area contributed by atoms with Crippen LogP contribution in [0.15, 0.2) is 42.5 Å². The molecule has 0 aromatic heterocycles. The first-order valence-electron chi connectivity index (χ1n) is 9.72. The molecule has 0 amide bonds. The Morgan fingerprint density at radius 3 is 2.50 bits per heavy atom. The lowest BCUT2D eigenvalue weighted by Crippen LogP contribution is -2.47. The summed E-state index contributed by atoms with van der Waals surface area (Å²) in [5.74, 6) is 1.01. The van der Waals surface area contributed by atoms with E-state index in [1.54, 1.807) is 7.11 Å². The van der Waals surface area contributed by atoms with Crippen molar-refractivity contribution in [3.05, 3.63) is 64.7 Å². The molecular formula is C24H26O4. The Morgan fingerprint density at radius 1 is 1.18 bits per heavy atom. The molecule has 28 heavy (non-hydrogen) atoms. The van der Waals surface area contributed by atoms with Crippen LogP contribution in [-0.4, -0.2) is 25.0 Å². The van der Waals surface area contributed by atoms with E-state index in [0.29, 0.717) is 24.8 Å². The van der Waals surface area contributed by atoms with Crippen LogP contribution in [0.4, 0.5) is 0 Å². The molecule has 2 aromatic carbocycles. The quantitative estimate of drug-likeness (QED) is 0.740. The summed E-state index contributed by atoms with van der Waals surface area (Å²) in [6.07, 6.45) is 0.685. The van der Waals surface area contributed by atoms with Crippen LogP contribution in [0.2, 0.25) is 0 Å². The Bertz CT molecular complexity index is 945. The van der Waals surface area contributed by atoms with E-state index in [0.717, 1.165) is 22.4 Å². The maximum absolute atomic E-state index is 13.1. The number of benzene rings is 2. The van der Waals surface area contributed by atoms with E-state index in [2.05, 4.69) is 13.8 Å². The second kappa shape index (κ2) is 6.56. The summed E-state index contributed by atoms with van der Waals surface area (Å²) in [6, 6.07) is 13.6. The number of methoxy groups -OCH3 is 1. The van der Waals surface area contributed by atoms with Crippen molar-refractivity contribution in [3.8, 4) is 5.75 Å². The maximum atomic E-state index is 13.1. The molecule has 0 saturated heterocycles. The van der Waals surface area contributed by atoms with Gasteiger partial charge in [0, 0.05) is 37.5 Å². The molecule has 2 atom stereocenters. The third-order valence-electron chi connectivity index (χ3n) is 6.49. The van der Waals surface area contributed by atoms with Crippen molar-refractivity contribution in [2.75, 3.05) is 7.11 Å². The predicted octanol–water partition coefficient (Wildman–Crippen LogP) is 4.41. The first-order valence-corrected chi connectivity index (χ1v) is 9.72. The van der Waals surface area contributed by atoms with E-state index >= 15 is 0 Å². The number of carbonyl (C=O) groups is 2. The number of carbonyl (C=O) groups excluding carboxylic acids is 2. The molecule has 1 heterocycles. The zero-order valence-electron chi connectivity index (χ0n) is 16.9. The molecule has 4 heteroatoms. The van der Waals surface area contributed by atoms with E-state index in [9.17, 15) is 9.59 Å². The van der Waals surface area contributed by atoms with Gasteiger partial charge in [-0.1, -0.05) is 44.2 Å². The number of hydrogen-bond donors (Lipinski definition) is 0. The Kier molecular flexibility index (Phi) is 4.42. The average molecular weight is 378 g/mol. The van der Waals surface area contributed by atoms with Crippen LogP contribution in [-0.2, 0) is 21.4 Å². The van der Waals surface area contributed by atoms with Crippen molar-refractivity contribution in [2.24, 2.45) is 5.41 Å². The molecule has 4 rings (SSSR count). The highest BCUT2D eigenvalue weighted by Gasteiger charge is 2.63. The van der Waals surface area contributed by atoms with Gasteiger partial charge in [-0.25, -0.2) is 0 Å². The molecule has 0 radical (unpaired) electrons. The van der Waals surface area contributed by atoms with Gasteiger partial charge < -0.3 is 9.47 Å². The van der Waals surface area contributed by atoms with Crippen molar-refractivity contribution in [1.82, 2.24) is 0 Å². The van der Waals surface area contributed by atoms with Crippen molar-refractivity contribution >= 4 is 11.6 Å². The lowest BCUT2D eigenvalue weighted by Gasteiger charge is -2.40. The monoisotopic (exact) mass is 378 g/mol. The third-order valence-corrected chi connectivity index (χ3v) is 6.49. The second-order valence-corrected chi connectivity index (χ2v) is 8.68. The number of ketones is 2. The van der Waals surface area contributed by atoms with Gasteiger partial charge >= 0.3 is 0 Å². The Balaban J connectivity index is 1.80. The summed E-state index contributed by atoms with van der Waals surface area (Å²) in [5, 5.41) is 0. The lowest BCUT2D eigenvalue weighted by molar-refractivity contribution is -0.122. The Morgan fingerprint density at radius 2 is 1.89 bits per heavy atom. The fraction of sp³-hybridized carbons (Fsp3) is 0.417. The Labute approximate surface area is 165 Å². The van der Waals surface area contributed by atoms with Crippen LogP contribution in [0.5, 0.6) is 5.75 Å². The highest BCUT2D eigenvalue weighted by Crippen LogP contribution is 2.61. The SMILES string of the molecule is CO[C@@H]1Oc2cc(C)c(C(=O)Cc3ccccc3)cc2[C@]12CC(=O)CC2(C)C. The van der Waals surface area contributed by atoms with E-state index in [1.807, 2.05) is 49.4 Å². The first-order chi connectivity index (χ1) is 13.3. The van der Waals surface area contributed by atoms with Gasteiger partial charge in [0.05, 0.1) is 5.41 Å². The molecule has 146 valence electrons. The zero-order valence-corrected chi connectivity index (χ0v) is 16.9. The number of hydrogen-bond acceptors (Lipinski definition) is 4. The van der Waals surface area contributed by atoms with Gasteiger partial charge in [-0.15, -0.1) is 0 Å². The molecule has 0 unspecified atom stereocenters. The van der Waals surface area contributed by atoms with Crippen molar-refractivity contribution in [3.63, 3.8) is 0 Å². The van der Waals surface area contributed by atoms with Crippen molar-refractivity contribution in [1.29, 1.82) is 0 Å². The zero-order chi connectivity index (χ0) is 20.1. The molecule has 2 aliphatic rings. The summed E-state index contributed by atoms with van der Waals surface area (Å²) in [4.78, 5) is 25.5. The topological polar surface area (TPSA) is 52.6 Å². The van der Waals surface area contributed by atoms with E-state index in [4.69, 9.17) is 9.47 Å². The van der Waals surface area contributed by atoms with E-state index in [1.165, 1.54) is 0 Å². The van der Waals surface area contributed by atoms with Gasteiger partial charge in [-0.05, 0) is 35.6 Å². The van der Waals surface area contributed by atoms with Crippen LogP contribution >= 0.6 is 0 Å². The standard InChI is InChI=1S/C24H26O4/c1-15-10-21-19(12-18(15)20(26)11-16-8-6-5-7-9-16)24(22(27-4)28-21)14-17(25)13-23(24,2)3/h5-10,12,22H,11,13-14H2,1-4H3/t22-,24-/m1/s1. The minimum Gasteiger partial charge on any atom is -0.464 e. The Hall–Kier alpha value is -2.46. The fourth-order valence-corrected chi connectivity index (χ4v) is 5.02. The molecule has 1 aliphatic heterocycles. The highest BCUT2D eigenvalue weighted by molar-refractivity contribution is 5.99. The number of Topliss-reactive ketones (excluding diaryl/α,β-unsaturated/α-hetero) is 2. The van der Waals surface area contributed by atoms with Crippen LogP contribution in [0, 0.1) is 12.3 Å². The molecular weight excluding hydrogens is 352 g/mol. The largest absolute Gasteiger partial charge is 0.464 e. The fourth-order valence-electron chi connectivity index (χ4n) is 5.02. The van der Waals surface area contributed by atoms with Gasteiger partial charge in [0.25, 0.3) is 0 Å². The summed E-state index contributed by atoms with van der Waals surface area (Å²) >= 11 is 0. The van der Waals surface area contributed by atoms with E-state index in [-0.39, 0.29) is 17.0 Å². The normalized spacial score (nSPS) is 25.0. The smallest absolute Gasteiger partial charge is 0.210 e. The molecule has 2 aromatic rings. The lowest BCUT2D eigenvalue weighted by atomic mass is 9.64. The van der Waals surface area contributed by atoms with Gasteiger partial charge in [-0.3, -0.25) is 9.59 Å². The number of fused-ring (bicyclic) bond motifs is 2. The van der Waals surface area contributed by atoms with Crippen LogP contribution in [0.3, 0.4) is 0 Å². The van der Waals surface area contributed by atoms with Gasteiger partial charge in [0.15, 0.2) is 5.78 Å². The average Bonchev–Trinajstić information content (AvgIpc) is 3.08. The summed E-state index contributed by atoms with van der Waals surface area (Å²) in [6.45, 7) is 6.11. The molecule has 0 bridgehead atoms. The molecule has 1 spiro atoms. The van der Waals surface area contributed by atoms with Gasteiger partial charge in [0.2, 0.25) is 6.29 Å².